The Morgan fingerprint density at radius 2 is 1.81 bits per heavy atom. The number of anilines is 1. The summed E-state index contributed by atoms with van der Waals surface area (Å²) >= 11 is 1.46. The number of ether oxygens (including phenoxy) is 3. The van der Waals surface area contributed by atoms with Crippen molar-refractivity contribution >= 4 is 35.0 Å². The molecule has 1 amide bonds. The number of nitrogens with zero attached hydrogens (tertiary/aromatic N) is 1. The second-order valence-corrected chi connectivity index (χ2v) is 7.50. The molecule has 0 bridgehead atoms. The van der Waals surface area contributed by atoms with E-state index >= 15 is 0 Å². The lowest BCUT2D eigenvalue weighted by atomic mass is 10.2. The Morgan fingerprint density at radius 3 is 2.50 bits per heavy atom. The standard InChI is InChI=1S/C24H24N2O5S/c1-4-31-23(28)12-7-16-5-9-18(10-6-16)25-22(27)14-19-15-32-24(26-19)17-8-11-20(29-2)21(13-17)30-3/h5-13,15H,4,14H2,1-3H3,(H,25,27)/b12-7+. The van der Waals surface area contributed by atoms with Gasteiger partial charge in [-0.3, -0.25) is 4.79 Å². The van der Waals surface area contributed by atoms with Gasteiger partial charge in [-0.2, -0.15) is 0 Å². The summed E-state index contributed by atoms with van der Waals surface area (Å²) in [6.45, 7) is 2.09. The number of thiazole rings is 1. The second kappa shape index (κ2) is 11.1. The first-order valence-corrected chi connectivity index (χ1v) is 10.8. The van der Waals surface area contributed by atoms with Crippen molar-refractivity contribution in [2.45, 2.75) is 13.3 Å². The van der Waals surface area contributed by atoms with Crippen LogP contribution < -0.4 is 14.8 Å². The molecule has 7 nitrogen and oxygen atoms in total. The Morgan fingerprint density at radius 1 is 1.06 bits per heavy atom. The molecule has 0 radical (unpaired) electrons. The van der Waals surface area contributed by atoms with Crippen LogP contribution in [0.25, 0.3) is 16.6 Å². The van der Waals surface area contributed by atoms with Gasteiger partial charge in [0.15, 0.2) is 11.5 Å². The van der Waals surface area contributed by atoms with Crippen molar-refractivity contribution in [2.24, 2.45) is 0 Å². The highest BCUT2D eigenvalue weighted by atomic mass is 32.1. The van der Waals surface area contributed by atoms with Gasteiger partial charge in [0.1, 0.15) is 5.01 Å². The van der Waals surface area contributed by atoms with Gasteiger partial charge in [0.05, 0.1) is 32.9 Å². The van der Waals surface area contributed by atoms with Crippen molar-refractivity contribution in [2.75, 3.05) is 26.1 Å². The Labute approximate surface area is 190 Å². The summed E-state index contributed by atoms with van der Waals surface area (Å²) in [5.74, 6) is 0.722. The number of hydrogen-bond donors (Lipinski definition) is 1. The molecule has 3 rings (SSSR count). The first-order valence-electron chi connectivity index (χ1n) is 9.94. The van der Waals surface area contributed by atoms with Crippen LogP contribution in [0.4, 0.5) is 5.69 Å². The molecule has 0 saturated heterocycles. The van der Waals surface area contributed by atoms with Gasteiger partial charge in [0.2, 0.25) is 5.91 Å². The number of benzene rings is 2. The number of methoxy groups -OCH3 is 2. The third-order valence-corrected chi connectivity index (χ3v) is 5.36. The molecular weight excluding hydrogens is 428 g/mol. The van der Waals surface area contributed by atoms with Crippen molar-refractivity contribution in [1.29, 1.82) is 0 Å². The van der Waals surface area contributed by atoms with E-state index in [9.17, 15) is 9.59 Å². The molecule has 0 aliphatic carbocycles. The largest absolute Gasteiger partial charge is 0.493 e. The van der Waals surface area contributed by atoms with Crippen LogP contribution in [-0.4, -0.2) is 37.7 Å². The van der Waals surface area contributed by atoms with Crippen molar-refractivity contribution in [3.8, 4) is 22.1 Å². The first-order chi connectivity index (χ1) is 15.5. The van der Waals surface area contributed by atoms with Crippen molar-refractivity contribution in [3.63, 3.8) is 0 Å². The van der Waals surface area contributed by atoms with E-state index in [1.54, 1.807) is 39.4 Å². The highest BCUT2D eigenvalue weighted by Gasteiger charge is 2.12. The minimum absolute atomic E-state index is 0.161. The van der Waals surface area contributed by atoms with E-state index in [-0.39, 0.29) is 18.3 Å². The molecule has 0 saturated carbocycles. The molecule has 0 spiro atoms. The minimum atomic E-state index is -0.388. The van der Waals surface area contributed by atoms with E-state index in [0.717, 1.165) is 16.1 Å². The zero-order chi connectivity index (χ0) is 22.9. The van der Waals surface area contributed by atoms with Crippen molar-refractivity contribution in [3.05, 3.63) is 65.2 Å². The van der Waals surface area contributed by atoms with Crippen molar-refractivity contribution in [1.82, 2.24) is 4.98 Å². The number of aromatic nitrogens is 1. The monoisotopic (exact) mass is 452 g/mol. The fraction of sp³-hybridized carbons (Fsp3) is 0.208. The highest BCUT2D eigenvalue weighted by Crippen LogP contribution is 2.33. The maximum Gasteiger partial charge on any atom is 0.330 e. The Hall–Kier alpha value is -3.65. The lowest BCUT2D eigenvalue weighted by Crippen LogP contribution is -2.14. The summed E-state index contributed by atoms with van der Waals surface area (Å²) in [7, 11) is 3.17. The molecule has 0 unspecified atom stereocenters. The number of carbonyl (C=O) groups excluding carboxylic acids is 2. The molecule has 0 fully saturated rings. The lowest BCUT2D eigenvalue weighted by Gasteiger charge is -2.08. The summed E-state index contributed by atoms with van der Waals surface area (Å²) in [6.07, 6.45) is 3.19. The summed E-state index contributed by atoms with van der Waals surface area (Å²) in [6, 6.07) is 12.8. The fourth-order valence-electron chi connectivity index (χ4n) is 2.89. The predicted octanol–water partition coefficient (Wildman–Crippen LogP) is 4.58. The fourth-order valence-corrected chi connectivity index (χ4v) is 3.71. The molecule has 1 heterocycles. The molecule has 0 aliphatic rings. The smallest absolute Gasteiger partial charge is 0.330 e. The maximum absolute atomic E-state index is 12.4. The van der Waals surface area contributed by atoms with Crippen LogP contribution >= 0.6 is 11.3 Å². The molecule has 3 aromatic rings. The summed E-state index contributed by atoms with van der Waals surface area (Å²) < 4.78 is 15.5. The number of esters is 1. The Balaban J connectivity index is 1.59. The molecule has 8 heteroatoms. The lowest BCUT2D eigenvalue weighted by molar-refractivity contribution is -0.137. The van der Waals surface area contributed by atoms with Gasteiger partial charge in [-0.15, -0.1) is 11.3 Å². The van der Waals surface area contributed by atoms with Gasteiger partial charge in [-0.1, -0.05) is 12.1 Å². The molecule has 1 N–H and O–H groups in total. The predicted molar refractivity (Wildman–Crippen MR) is 125 cm³/mol. The van der Waals surface area contributed by atoms with E-state index in [0.29, 0.717) is 29.5 Å². The molecule has 2 aromatic carbocycles. The Kier molecular flexibility index (Phi) is 7.99. The highest BCUT2D eigenvalue weighted by molar-refractivity contribution is 7.13. The van der Waals surface area contributed by atoms with Crippen LogP contribution in [0.2, 0.25) is 0 Å². The number of nitrogens with one attached hydrogen (secondary N) is 1. The second-order valence-electron chi connectivity index (χ2n) is 6.65. The first kappa shape index (κ1) is 23.0. The summed E-state index contributed by atoms with van der Waals surface area (Å²) in [4.78, 5) is 28.4. The van der Waals surface area contributed by atoms with Crippen LogP contribution in [0.3, 0.4) is 0 Å². The van der Waals surface area contributed by atoms with Crippen LogP contribution in [-0.2, 0) is 20.7 Å². The van der Waals surface area contributed by atoms with Crippen LogP contribution in [0, 0.1) is 0 Å². The average molecular weight is 453 g/mol. The van der Waals surface area contributed by atoms with Gasteiger partial charge in [-0.25, -0.2) is 9.78 Å². The molecule has 0 atom stereocenters. The normalized spacial score (nSPS) is 10.7. The SMILES string of the molecule is CCOC(=O)/C=C/c1ccc(NC(=O)Cc2csc(-c3ccc(OC)c(OC)c3)n2)cc1. The van der Waals surface area contributed by atoms with Gasteiger partial charge < -0.3 is 19.5 Å². The Bertz CT molecular complexity index is 1110. The van der Waals surface area contributed by atoms with Crippen LogP contribution in [0.5, 0.6) is 11.5 Å². The number of carbonyl (C=O) groups is 2. The minimum Gasteiger partial charge on any atom is -0.493 e. The van der Waals surface area contributed by atoms with Crippen LogP contribution in [0.15, 0.2) is 53.9 Å². The van der Waals surface area contributed by atoms with Gasteiger partial charge in [0, 0.05) is 22.7 Å². The zero-order valence-electron chi connectivity index (χ0n) is 18.1. The average Bonchev–Trinajstić information content (AvgIpc) is 3.26. The zero-order valence-corrected chi connectivity index (χ0v) is 18.9. The van der Waals surface area contributed by atoms with Crippen LogP contribution in [0.1, 0.15) is 18.2 Å². The third-order valence-electron chi connectivity index (χ3n) is 4.42. The molecular formula is C24H24N2O5S. The van der Waals surface area contributed by atoms with E-state index in [1.807, 2.05) is 35.7 Å². The van der Waals surface area contributed by atoms with Gasteiger partial charge in [0.25, 0.3) is 0 Å². The summed E-state index contributed by atoms with van der Waals surface area (Å²) in [5, 5.41) is 5.53. The number of hydrogen-bond acceptors (Lipinski definition) is 7. The number of amides is 1. The van der Waals surface area contributed by atoms with E-state index in [4.69, 9.17) is 14.2 Å². The number of rotatable bonds is 9. The van der Waals surface area contributed by atoms with E-state index in [1.165, 1.54) is 17.4 Å². The molecule has 1 aromatic heterocycles. The van der Waals surface area contributed by atoms with E-state index < -0.39 is 0 Å². The molecule has 0 aliphatic heterocycles. The van der Waals surface area contributed by atoms with Crippen molar-refractivity contribution < 1.29 is 23.8 Å². The topological polar surface area (TPSA) is 86.8 Å². The molecule has 32 heavy (non-hydrogen) atoms. The summed E-state index contributed by atoms with van der Waals surface area (Å²) in [5.41, 5.74) is 3.07. The quantitative estimate of drug-likeness (QED) is 0.378. The van der Waals surface area contributed by atoms with E-state index in [2.05, 4.69) is 10.3 Å². The van der Waals surface area contributed by atoms with Gasteiger partial charge in [-0.05, 0) is 48.9 Å². The third kappa shape index (κ3) is 6.18. The van der Waals surface area contributed by atoms with Gasteiger partial charge >= 0.3 is 5.97 Å². The maximum atomic E-state index is 12.4. The molecule has 166 valence electrons.